The Morgan fingerprint density at radius 3 is 2.51 bits per heavy atom. The first-order valence-corrected chi connectivity index (χ1v) is 13.1. The summed E-state index contributed by atoms with van der Waals surface area (Å²) >= 11 is 1.58. The molecule has 1 aliphatic rings. The van der Waals surface area contributed by atoms with Crippen molar-refractivity contribution in [2.45, 2.75) is 44.8 Å². The number of rotatable bonds is 7. The minimum Gasteiger partial charge on any atom is -0.438 e. The Labute approximate surface area is 220 Å². The highest BCUT2D eigenvalue weighted by molar-refractivity contribution is 7.11. The summed E-state index contributed by atoms with van der Waals surface area (Å²) in [4.78, 5) is 19.6. The molecule has 37 heavy (non-hydrogen) atoms. The molecule has 1 aliphatic heterocycles. The number of carbonyl (C=O) groups is 1. The van der Waals surface area contributed by atoms with E-state index in [1.165, 1.54) is 0 Å². The number of nitrogens with zero attached hydrogens (tertiary/aromatic N) is 5. The molecule has 0 unspecified atom stereocenters. The molecule has 1 saturated heterocycles. The molecule has 8 heteroatoms. The zero-order valence-electron chi connectivity index (χ0n) is 20.8. The number of cyclic esters (lactones) is 1. The van der Waals surface area contributed by atoms with Crippen LogP contribution in [0.25, 0.3) is 11.3 Å². The van der Waals surface area contributed by atoms with Crippen LogP contribution in [0.15, 0.2) is 72.9 Å². The molecule has 0 spiro atoms. The van der Waals surface area contributed by atoms with E-state index in [1.54, 1.807) is 28.5 Å². The summed E-state index contributed by atoms with van der Waals surface area (Å²) in [7, 11) is 0. The first kappa shape index (κ1) is 24.6. The fourth-order valence-electron chi connectivity index (χ4n) is 4.78. The third-order valence-electron chi connectivity index (χ3n) is 6.93. The average Bonchev–Trinajstić information content (AvgIpc) is 3.37. The summed E-state index contributed by atoms with van der Waals surface area (Å²) in [5, 5.41) is 19.3. The van der Waals surface area contributed by atoms with Gasteiger partial charge in [0.1, 0.15) is 21.7 Å². The van der Waals surface area contributed by atoms with Gasteiger partial charge in [-0.1, -0.05) is 54.6 Å². The predicted molar refractivity (Wildman–Crippen MR) is 142 cm³/mol. The van der Waals surface area contributed by atoms with Gasteiger partial charge in [-0.15, -0.1) is 21.5 Å². The van der Waals surface area contributed by atoms with E-state index in [4.69, 9.17) is 10.00 Å². The lowest BCUT2D eigenvalue weighted by Crippen LogP contribution is -2.49. The lowest BCUT2D eigenvalue weighted by atomic mass is 9.84. The largest absolute Gasteiger partial charge is 0.438 e. The monoisotopic (exact) mass is 509 g/mol. The second kappa shape index (κ2) is 10.5. The van der Waals surface area contributed by atoms with Gasteiger partial charge in [0.15, 0.2) is 0 Å². The van der Waals surface area contributed by atoms with Crippen molar-refractivity contribution in [3.63, 3.8) is 0 Å². The number of benzene rings is 2. The molecule has 4 aromatic rings. The van der Waals surface area contributed by atoms with E-state index >= 15 is 0 Å². The molecule has 2 aromatic carbocycles. The second-order valence-corrected chi connectivity index (χ2v) is 10.5. The Hall–Kier alpha value is -4.09. The fraction of sp³-hybridized carbons (Fsp3) is 0.276. The van der Waals surface area contributed by atoms with Crippen molar-refractivity contribution in [1.29, 1.82) is 5.26 Å². The molecule has 1 fully saturated rings. The van der Waals surface area contributed by atoms with E-state index in [1.807, 2.05) is 74.5 Å². The maximum absolute atomic E-state index is 13.4. The van der Waals surface area contributed by atoms with Gasteiger partial charge in [-0.05, 0) is 43.5 Å². The molecule has 2 atom stereocenters. The van der Waals surface area contributed by atoms with Crippen molar-refractivity contribution in [2.75, 3.05) is 6.54 Å². The summed E-state index contributed by atoms with van der Waals surface area (Å²) < 4.78 is 6.27. The van der Waals surface area contributed by atoms with Gasteiger partial charge in [0.25, 0.3) is 0 Å². The molecule has 0 saturated carbocycles. The molecule has 0 bridgehead atoms. The summed E-state index contributed by atoms with van der Waals surface area (Å²) in [6, 6.07) is 23.6. The first-order valence-electron chi connectivity index (χ1n) is 12.3. The van der Waals surface area contributed by atoms with E-state index < -0.39 is 5.60 Å². The topological polar surface area (TPSA) is 92.0 Å². The predicted octanol–water partition coefficient (Wildman–Crippen LogP) is 6.21. The van der Waals surface area contributed by atoms with E-state index in [0.29, 0.717) is 31.4 Å². The minimum atomic E-state index is -0.695. The summed E-state index contributed by atoms with van der Waals surface area (Å²) in [6.07, 6.45) is 3.31. The molecule has 3 heterocycles. The summed E-state index contributed by atoms with van der Waals surface area (Å²) in [5.41, 5.74) is 3.62. The van der Waals surface area contributed by atoms with E-state index in [-0.39, 0.29) is 12.1 Å². The highest BCUT2D eigenvalue weighted by Gasteiger charge is 2.43. The quantitative estimate of drug-likeness (QED) is 0.294. The Bertz CT molecular complexity index is 1410. The van der Waals surface area contributed by atoms with E-state index in [9.17, 15) is 4.79 Å². The van der Waals surface area contributed by atoms with Crippen LogP contribution in [0.3, 0.4) is 0 Å². The zero-order chi connectivity index (χ0) is 25.8. The number of ether oxygens (including phenoxy) is 1. The van der Waals surface area contributed by atoms with Crippen LogP contribution in [-0.4, -0.2) is 32.7 Å². The highest BCUT2D eigenvalue weighted by atomic mass is 32.1. The Morgan fingerprint density at radius 1 is 1.11 bits per heavy atom. The molecule has 186 valence electrons. The van der Waals surface area contributed by atoms with Crippen molar-refractivity contribution in [1.82, 2.24) is 20.1 Å². The van der Waals surface area contributed by atoms with Crippen molar-refractivity contribution in [3.05, 3.63) is 99.6 Å². The van der Waals surface area contributed by atoms with Crippen LogP contribution in [0.4, 0.5) is 4.79 Å². The van der Waals surface area contributed by atoms with Gasteiger partial charge in [-0.3, -0.25) is 4.98 Å². The Morgan fingerprint density at radius 2 is 1.89 bits per heavy atom. The minimum absolute atomic E-state index is 0.143. The van der Waals surface area contributed by atoms with E-state index in [0.717, 1.165) is 32.4 Å². The number of nitriles is 1. The molecular formula is C29H27N5O2S. The van der Waals surface area contributed by atoms with Crippen LogP contribution in [0, 0.1) is 18.3 Å². The van der Waals surface area contributed by atoms with E-state index in [2.05, 4.69) is 21.3 Å². The number of hydrogen-bond acceptors (Lipinski definition) is 7. The maximum Gasteiger partial charge on any atom is 0.411 e. The Balaban J connectivity index is 1.32. The molecule has 0 aliphatic carbocycles. The van der Waals surface area contributed by atoms with Crippen molar-refractivity contribution in [2.24, 2.45) is 0 Å². The third-order valence-corrected chi connectivity index (χ3v) is 7.83. The molecule has 0 N–H and O–H groups in total. The van der Waals surface area contributed by atoms with Crippen LogP contribution in [0.2, 0.25) is 0 Å². The third kappa shape index (κ3) is 5.23. The first-order chi connectivity index (χ1) is 18.0. The number of amides is 1. The summed E-state index contributed by atoms with van der Waals surface area (Å²) in [6.45, 7) is 4.56. The zero-order valence-corrected chi connectivity index (χ0v) is 21.6. The van der Waals surface area contributed by atoms with Gasteiger partial charge in [0, 0.05) is 31.1 Å². The average molecular weight is 510 g/mol. The van der Waals surface area contributed by atoms with Gasteiger partial charge in [0.2, 0.25) is 0 Å². The maximum atomic E-state index is 13.4. The number of carbonyl (C=O) groups excluding carboxylic acids is 1. The fourth-order valence-corrected chi connectivity index (χ4v) is 5.49. The molecule has 1 amide bonds. The molecule has 2 aromatic heterocycles. The van der Waals surface area contributed by atoms with Gasteiger partial charge in [-0.2, -0.15) is 5.26 Å². The van der Waals surface area contributed by atoms with Crippen molar-refractivity contribution in [3.8, 4) is 17.3 Å². The van der Waals surface area contributed by atoms with Crippen LogP contribution >= 0.6 is 11.3 Å². The van der Waals surface area contributed by atoms with Crippen LogP contribution < -0.4 is 0 Å². The number of aromatic nitrogens is 3. The summed E-state index contributed by atoms with van der Waals surface area (Å²) in [5.74, 6) is 0. The van der Waals surface area contributed by atoms with Crippen LogP contribution in [0.1, 0.15) is 52.5 Å². The number of hydrogen-bond donors (Lipinski definition) is 0. The molecule has 0 radical (unpaired) electrons. The van der Waals surface area contributed by atoms with Gasteiger partial charge >= 0.3 is 6.09 Å². The number of pyridine rings is 1. The Kier molecular flexibility index (Phi) is 6.97. The number of aryl methyl sites for hydroxylation is 2. The van der Waals surface area contributed by atoms with Crippen LogP contribution in [-0.2, 0) is 16.8 Å². The molecule has 7 nitrogen and oxygen atoms in total. The molecule has 5 rings (SSSR count). The highest BCUT2D eigenvalue weighted by Crippen LogP contribution is 2.40. The van der Waals surface area contributed by atoms with Gasteiger partial charge < -0.3 is 9.64 Å². The van der Waals surface area contributed by atoms with Crippen molar-refractivity contribution >= 4 is 17.4 Å². The van der Waals surface area contributed by atoms with Gasteiger partial charge in [-0.25, -0.2) is 4.79 Å². The lowest BCUT2D eigenvalue weighted by Gasteiger charge is -2.43. The molecular weight excluding hydrogens is 482 g/mol. The smallest absolute Gasteiger partial charge is 0.411 e. The lowest BCUT2D eigenvalue weighted by molar-refractivity contribution is -0.0653. The van der Waals surface area contributed by atoms with Gasteiger partial charge in [0.05, 0.1) is 17.3 Å². The van der Waals surface area contributed by atoms with Crippen LogP contribution in [0.5, 0.6) is 0 Å². The normalized spacial score (nSPS) is 18.2. The second-order valence-electron chi connectivity index (χ2n) is 9.23. The standard InChI is InChI=1S/C29H27N5O2S/c1-20(23-9-11-24(12-10-23)26-13-8-22(18-30)19-31-26)34-17-16-29(36-28(34)35,25-6-4-3-5-7-25)15-14-27-33-32-21(2)37-27/h3-13,19-20H,14-17H2,1-2H3/t20-,29+/m0/s1. The van der Waals surface area contributed by atoms with Crippen molar-refractivity contribution < 1.29 is 9.53 Å². The SMILES string of the molecule is Cc1nnc(CC[C@]2(c3ccccc3)CCN([C@@H](C)c3ccc(-c4ccc(C#N)cn4)cc3)C(=O)O2)s1.